The first-order valence-electron chi connectivity index (χ1n) is 10.3. The summed E-state index contributed by atoms with van der Waals surface area (Å²) in [5.41, 5.74) is 1.61. The fraction of sp³-hybridized carbons (Fsp3) is 0.458. The molecule has 0 amide bonds. The molecule has 0 radical (unpaired) electrons. The van der Waals surface area contributed by atoms with Crippen LogP contribution in [0.3, 0.4) is 0 Å². The number of rotatable bonds is 7. The van der Waals surface area contributed by atoms with E-state index in [9.17, 15) is 4.79 Å². The molecule has 3 rings (SSSR count). The van der Waals surface area contributed by atoms with Gasteiger partial charge in [-0.3, -0.25) is 0 Å². The number of ether oxygens (including phenoxy) is 4. The van der Waals surface area contributed by atoms with E-state index in [1.165, 1.54) is 12.7 Å². The van der Waals surface area contributed by atoms with Gasteiger partial charge in [0.1, 0.15) is 6.10 Å². The Kier molecular flexibility index (Phi) is 11.5. The number of carbonyl (C=O) groups excluding carboxylic acids is 1. The predicted molar refractivity (Wildman–Crippen MR) is 116 cm³/mol. The largest absolute Gasteiger partial charge is 0.493 e. The van der Waals surface area contributed by atoms with Gasteiger partial charge in [-0.05, 0) is 23.8 Å². The fourth-order valence-electron chi connectivity index (χ4n) is 2.73. The Labute approximate surface area is 174 Å². The van der Waals surface area contributed by atoms with Crippen molar-refractivity contribution in [2.45, 2.75) is 59.4 Å². The Morgan fingerprint density at radius 3 is 2.14 bits per heavy atom. The second-order valence-corrected chi connectivity index (χ2v) is 5.99. The molecule has 0 heterocycles. The van der Waals surface area contributed by atoms with Crippen LogP contribution < -0.4 is 9.47 Å². The summed E-state index contributed by atoms with van der Waals surface area (Å²) in [7, 11) is 2.90. The summed E-state index contributed by atoms with van der Waals surface area (Å²) < 4.78 is 21.9. The molecule has 0 bridgehead atoms. The van der Waals surface area contributed by atoms with Gasteiger partial charge >= 0.3 is 5.97 Å². The van der Waals surface area contributed by atoms with Crippen molar-refractivity contribution in [1.29, 1.82) is 0 Å². The molecule has 0 saturated heterocycles. The molecule has 1 saturated carbocycles. The Morgan fingerprint density at radius 2 is 1.55 bits per heavy atom. The molecule has 2 aromatic rings. The highest BCUT2D eigenvalue weighted by molar-refractivity contribution is 5.90. The molecule has 0 aliphatic heterocycles. The van der Waals surface area contributed by atoms with Crippen LogP contribution in [0.1, 0.15) is 56.5 Å². The number of hydrogen-bond donors (Lipinski definition) is 0. The lowest BCUT2D eigenvalue weighted by molar-refractivity contribution is -0.0688. The summed E-state index contributed by atoms with van der Waals surface area (Å²) in [5, 5.41) is 0. The third-order valence-electron chi connectivity index (χ3n) is 4.26. The first-order chi connectivity index (χ1) is 14.2. The molecule has 0 spiro atoms. The monoisotopic (exact) mass is 402 g/mol. The maximum Gasteiger partial charge on any atom is 0.337 e. The summed E-state index contributed by atoms with van der Waals surface area (Å²) in [6, 6.07) is 15.2. The number of hydrogen-bond acceptors (Lipinski definition) is 5. The highest BCUT2D eigenvalue weighted by Crippen LogP contribution is 2.34. The minimum absolute atomic E-state index is 0.0960. The molecule has 1 aliphatic carbocycles. The van der Waals surface area contributed by atoms with E-state index in [4.69, 9.17) is 18.9 Å². The molecule has 0 aromatic heterocycles. The van der Waals surface area contributed by atoms with Crippen molar-refractivity contribution in [2.75, 3.05) is 14.2 Å². The molecule has 0 atom stereocenters. The molecular weight excluding hydrogens is 368 g/mol. The molecule has 2 aromatic carbocycles. The third kappa shape index (κ3) is 7.42. The van der Waals surface area contributed by atoms with Gasteiger partial charge in [-0.15, -0.1) is 0 Å². The van der Waals surface area contributed by atoms with Crippen molar-refractivity contribution >= 4 is 5.97 Å². The lowest BCUT2D eigenvalue weighted by Crippen LogP contribution is -2.39. The first kappa shape index (κ1) is 24.5. The number of benzene rings is 2. The minimum atomic E-state index is -0.400. The molecule has 29 heavy (non-hydrogen) atoms. The lowest BCUT2D eigenvalue weighted by atomic mass is 9.92. The lowest BCUT2D eigenvalue weighted by Gasteiger charge is -2.35. The highest BCUT2D eigenvalue weighted by atomic mass is 16.5. The van der Waals surface area contributed by atoms with Gasteiger partial charge in [0.25, 0.3) is 0 Å². The van der Waals surface area contributed by atoms with Gasteiger partial charge in [-0.25, -0.2) is 4.79 Å². The van der Waals surface area contributed by atoms with Gasteiger partial charge in [-0.1, -0.05) is 58.0 Å². The normalized spacial score (nSPS) is 16.8. The van der Waals surface area contributed by atoms with Crippen molar-refractivity contribution in [3.05, 3.63) is 59.7 Å². The second kappa shape index (κ2) is 13.6. The molecule has 5 nitrogen and oxygen atoms in total. The van der Waals surface area contributed by atoms with E-state index in [-0.39, 0.29) is 12.2 Å². The Hall–Kier alpha value is -2.53. The Bertz CT molecular complexity index is 708. The van der Waals surface area contributed by atoms with Crippen molar-refractivity contribution in [2.24, 2.45) is 0 Å². The first-order valence-corrected chi connectivity index (χ1v) is 10.3. The summed E-state index contributed by atoms with van der Waals surface area (Å²) in [4.78, 5) is 11.6. The number of methoxy groups -OCH3 is 2. The minimum Gasteiger partial charge on any atom is -0.493 e. The van der Waals surface area contributed by atoms with Crippen LogP contribution >= 0.6 is 0 Å². The summed E-state index contributed by atoms with van der Waals surface area (Å²) in [6.07, 6.45) is 1.99. The Balaban J connectivity index is 0.000000989. The van der Waals surface area contributed by atoms with Crippen molar-refractivity contribution in [1.82, 2.24) is 0 Å². The van der Waals surface area contributed by atoms with Crippen molar-refractivity contribution < 1.29 is 23.7 Å². The second-order valence-electron chi connectivity index (χ2n) is 5.99. The molecule has 160 valence electrons. The highest BCUT2D eigenvalue weighted by Gasteiger charge is 2.32. The quantitative estimate of drug-likeness (QED) is 0.559. The standard InChI is InChI=1S/C20H22O5.2C2H6/c1-22-19-10-15(20(21)23-2)8-9-18(19)25-17-11-16(12-17)24-13-14-6-4-3-5-7-14;2*1-2/h3-10,16-17H,11-13H2,1-2H3;2*1-2H3. The molecule has 0 unspecified atom stereocenters. The van der Waals surface area contributed by atoms with Gasteiger partial charge in [0.05, 0.1) is 32.5 Å². The third-order valence-corrected chi connectivity index (χ3v) is 4.26. The van der Waals surface area contributed by atoms with Gasteiger partial charge in [0, 0.05) is 12.8 Å². The number of carbonyl (C=O) groups is 1. The predicted octanol–water partition coefficient (Wildman–Crippen LogP) is 5.66. The molecule has 5 heteroatoms. The molecule has 1 fully saturated rings. The fourth-order valence-corrected chi connectivity index (χ4v) is 2.73. The summed E-state index contributed by atoms with van der Waals surface area (Å²) in [6.45, 7) is 8.62. The zero-order valence-electron chi connectivity index (χ0n) is 18.4. The van der Waals surface area contributed by atoms with Crippen LogP contribution in [0.5, 0.6) is 11.5 Å². The zero-order valence-corrected chi connectivity index (χ0v) is 18.4. The summed E-state index contributed by atoms with van der Waals surface area (Å²) in [5.74, 6) is 0.751. The van der Waals surface area contributed by atoms with E-state index >= 15 is 0 Å². The Morgan fingerprint density at radius 1 is 0.897 bits per heavy atom. The van der Waals surface area contributed by atoms with Gasteiger partial charge in [0.2, 0.25) is 0 Å². The van der Waals surface area contributed by atoms with Crippen LogP contribution in [-0.4, -0.2) is 32.4 Å². The van der Waals surface area contributed by atoms with E-state index in [1.54, 1.807) is 25.3 Å². The topological polar surface area (TPSA) is 54.0 Å². The van der Waals surface area contributed by atoms with Crippen molar-refractivity contribution in [3.8, 4) is 11.5 Å². The van der Waals surface area contributed by atoms with E-state index < -0.39 is 5.97 Å². The van der Waals surface area contributed by atoms with Gasteiger partial charge in [0.15, 0.2) is 11.5 Å². The van der Waals surface area contributed by atoms with Crippen LogP contribution in [0.2, 0.25) is 0 Å². The smallest absolute Gasteiger partial charge is 0.337 e. The molecule has 0 N–H and O–H groups in total. The van der Waals surface area contributed by atoms with E-state index in [2.05, 4.69) is 12.1 Å². The van der Waals surface area contributed by atoms with E-state index in [0.717, 1.165) is 12.8 Å². The SMILES string of the molecule is CC.CC.COC(=O)c1ccc(OC2CC(OCc3ccccc3)C2)c(OC)c1. The van der Waals surface area contributed by atoms with E-state index in [1.807, 2.05) is 45.9 Å². The van der Waals surface area contributed by atoms with Crippen molar-refractivity contribution in [3.63, 3.8) is 0 Å². The zero-order chi connectivity index (χ0) is 21.6. The summed E-state index contributed by atoms with van der Waals surface area (Å²) >= 11 is 0. The maximum absolute atomic E-state index is 11.6. The average Bonchev–Trinajstić information content (AvgIpc) is 2.78. The van der Waals surface area contributed by atoms with Crippen LogP contribution in [-0.2, 0) is 16.1 Å². The molecular formula is C24H34O5. The van der Waals surface area contributed by atoms with Crippen LogP contribution in [0.25, 0.3) is 0 Å². The van der Waals surface area contributed by atoms with Gasteiger partial charge < -0.3 is 18.9 Å². The van der Waals surface area contributed by atoms with Gasteiger partial charge in [-0.2, -0.15) is 0 Å². The van der Waals surface area contributed by atoms with Crippen LogP contribution in [0, 0.1) is 0 Å². The van der Waals surface area contributed by atoms with Crippen LogP contribution in [0.15, 0.2) is 48.5 Å². The number of esters is 1. The maximum atomic E-state index is 11.6. The average molecular weight is 403 g/mol. The van der Waals surface area contributed by atoms with Crippen LogP contribution in [0.4, 0.5) is 0 Å². The van der Waals surface area contributed by atoms with E-state index in [0.29, 0.717) is 23.7 Å². The molecule has 1 aliphatic rings.